The maximum absolute atomic E-state index is 12.0. The molecule has 18 heavy (non-hydrogen) atoms. The average Bonchev–Trinajstić information content (AvgIpc) is 3.22. The average molecular weight is 255 g/mol. The summed E-state index contributed by atoms with van der Waals surface area (Å²) in [7, 11) is 0. The second-order valence-electron chi connectivity index (χ2n) is 5.61. The molecule has 0 aromatic heterocycles. The molecule has 1 atom stereocenters. The number of esters is 1. The minimum Gasteiger partial charge on any atom is -0.465 e. The highest BCUT2D eigenvalue weighted by molar-refractivity contribution is 5.81. The van der Waals surface area contributed by atoms with Crippen LogP contribution in [0.4, 0.5) is 0 Å². The molecule has 0 aromatic carbocycles. The second kappa shape index (κ2) is 6.02. The first-order valence-corrected chi connectivity index (χ1v) is 7.24. The summed E-state index contributed by atoms with van der Waals surface area (Å²) in [5, 5.41) is 0. The van der Waals surface area contributed by atoms with Gasteiger partial charge in [0, 0.05) is 0 Å². The Morgan fingerprint density at radius 3 is 2.44 bits per heavy atom. The van der Waals surface area contributed by atoms with Crippen LogP contribution in [-0.2, 0) is 14.3 Å². The van der Waals surface area contributed by atoms with Gasteiger partial charge in [-0.15, -0.1) is 0 Å². The topological polar surface area (TPSA) is 61.5 Å². The van der Waals surface area contributed by atoms with E-state index in [0.29, 0.717) is 13.2 Å². The van der Waals surface area contributed by atoms with Gasteiger partial charge in [0.25, 0.3) is 0 Å². The van der Waals surface area contributed by atoms with Crippen molar-refractivity contribution in [1.29, 1.82) is 0 Å². The van der Waals surface area contributed by atoms with Crippen molar-refractivity contribution in [2.75, 3.05) is 13.2 Å². The number of carbonyl (C=O) groups excluding carboxylic acids is 1. The molecule has 1 unspecified atom stereocenters. The maximum atomic E-state index is 12.0. The fourth-order valence-electron chi connectivity index (χ4n) is 2.69. The summed E-state index contributed by atoms with van der Waals surface area (Å²) in [5.74, 6) is -0.0385. The van der Waals surface area contributed by atoms with Crippen LogP contribution in [0.5, 0.6) is 0 Å². The van der Waals surface area contributed by atoms with Crippen LogP contribution < -0.4 is 5.73 Å². The lowest BCUT2D eigenvalue weighted by Gasteiger charge is -2.30. The van der Waals surface area contributed by atoms with E-state index in [4.69, 9.17) is 15.2 Å². The molecule has 104 valence electrons. The third-order valence-corrected chi connectivity index (χ3v) is 4.07. The molecule has 0 spiro atoms. The van der Waals surface area contributed by atoms with Crippen LogP contribution in [0.15, 0.2) is 0 Å². The number of carbonyl (C=O) groups is 1. The summed E-state index contributed by atoms with van der Waals surface area (Å²) in [6.45, 7) is 2.52. The Bertz CT molecular complexity index is 285. The number of ether oxygens (including phenoxy) is 2. The summed E-state index contributed by atoms with van der Waals surface area (Å²) < 4.78 is 11.0. The monoisotopic (exact) mass is 255 g/mol. The van der Waals surface area contributed by atoms with Crippen LogP contribution in [0.2, 0.25) is 0 Å². The van der Waals surface area contributed by atoms with E-state index in [9.17, 15) is 4.79 Å². The van der Waals surface area contributed by atoms with E-state index in [1.165, 1.54) is 19.3 Å². The van der Waals surface area contributed by atoms with E-state index in [1.54, 1.807) is 0 Å². The van der Waals surface area contributed by atoms with Crippen LogP contribution in [0.25, 0.3) is 0 Å². The van der Waals surface area contributed by atoms with Gasteiger partial charge in [-0.2, -0.15) is 0 Å². The molecule has 0 aromatic rings. The third-order valence-electron chi connectivity index (χ3n) is 4.07. The van der Waals surface area contributed by atoms with Crippen LogP contribution in [0.1, 0.15) is 51.9 Å². The Morgan fingerprint density at radius 2 is 1.89 bits per heavy atom. The lowest BCUT2D eigenvalue weighted by molar-refractivity contribution is -0.154. The Balaban J connectivity index is 1.87. The zero-order valence-electron chi connectivity index (χ0n) is 11.3. The Labute approximate surface area is 109 Å². The molecule has 2 N–H and O–H groups in total. The number of hydrogen-bond donors (Lipinski definition) is 1. The van der Waals surface area contributed by atoms with Gasteiger partial charge in [0.05, 0.1) is 19.3 Å². The van der Waals surface area contributed by atoms with Crippen molar-refractivity contribution < 1.29 is 14.3 Å². The van der Waals surface area contributed by atoms with Crippen molar-refractivity contribution in [2.45, 2.75) is 63.5 Å². The molecule has 4 nitrogen and oxygen atoms in total. The molecule has 0 heterocycles. The van der Waals surface area contributed by atoms with Gasteiger partial charge >= 0.3 is 5.97 Å². The fourth-order valence-corrected chi connectivity index (χ4v) is 2.69. The molecule has 0 bridgehead atoms. The number of rotatable bonds is 6. The molecule has 2 aliphatic rings. The minimum atomic E-state index is -0.909. The first-order chi connectivity index (χ1) is 8.66. The Hall–Kier alpha value is -0.610. The van der Waals surface area contributed by atoms with Gasteiger partial charge in [0.1, 0.15) is 5.54 Å². The van der Waals surface area contributed by atoms with E-state index < -0.39 is 5.54 Å². The van der Waals surface area contributed by atoms with Gasteiger partial charge < -0.3 is 15.2 Å². The van der Waals surface area contributed by atoms with Gasteiger partial charge in [0.2, 0.25) is 0 Å². The Morgan fingerprint density at radius 1 is 1.22 bits per heavy atom. The minimum absolute atomic E-state index is 0.250. The van der Waals surface area contributed by atoms with Crippen molar-refractivity contribution in [1.82, 2.24) is 0 Å². The standard InChI is InChI=1S/C14H25NO3/c1-2-17-13(16)14(15,11-8-9-11)10-18-12-6-4-3-5-7-12/h11-12H,2-10,15H2,1H3. The summed E-state index contributed by atoms with van der Waals surface area (Å²) in [4.78, 5) is 12.0. The quantitative estimate of drug-likeness (QED) is 0.737. The SMILES string of the molecule is CCOC(=O)C(N)(COC1CCCCC1)C1CC1. The zero-order valence-corrected chi connectivity index (χ0v) is 11.3. The molecule has 2 fully saturated rings. The van der Waals surface area contributed by atoms with Crippen LogP contribution in [0, 0.1) is 5.92 Å². The van der Waals surface area contributed by atoms with Gasteiger partial charge in [-0.05, 0) is 38.5 Å². The molecule has 0 radical (unpaired) electrons. The van der Waals surface area contributed by atoms with E-state index in [0.717, 1.165) is 25.7 Å². The highest BCUT2D eigenvalue weighted by Gasteiger charge is 2.49. The summed E-state index contributed by atoms with van der Waals surface area (Å²) in [5.41, 5.74) is 5.34. The van der Waals surface area contributed by atoms with Crippen molar-refractivity contribution in [3.05, 3.63) is 0 Å². The molecule has 0 saturated heterocycles. The second-order valence-corrected chi connectivity index (χ2v) is 5.61. The summed E-state index contributed by atoms with van der Waals surface area (Å²) in [6, 6.07) is 0. The van der Waals surface area contributed by atoms with Gasteiger partial charge in [-0.25, -0.2) is 4.79 Å². The Kier molecular flexibility index (Phi) is 4.62. The molecular formula is C14H25NO3. The zero-order chi connectivity index (χ0) is 13.0. The highest BCUT2D eigenvalue weighted by Crippen LogP contribution is 2.39. The number of nitrogens with two attached hydrogens (primary N) is 1. The van der Waals surface area contributed by atoms with Crippen molar-refractivity contribution in [2.24, 2.45) is 11.7 Å². The van der Waals surface area contributed by atoms with E-state index in [2.05, 4.69) is 0 Å². The lowest BCUT2D eigenvalue weighted by Crippen LogP contribution is -2.55. The van der Waals surface area contributed by atoms with Crippen molar-refractivity contribution in [3.63, 3.8) is 0 Å². The predicted molar refractivity (Wildman–Crippen MR) is 69.1 cm³/mol. The fraction of sp³-hybridized carbons (Fsp3) is 0.929. The van der Waals surface area contributed by atoms with E-state index in [-0.39, 0.29) is 18.0 Å². The largest absolute Gasteiger partial charge is 0.465 e. The van der Waals surface area contributed by atoms with Crippen molar-refractivity contribution in [3.8, 4) is 0 Å². The molecule has 2 rings (SSSR count). The smallest absolute Gasteiger partial charge is 0.328 e. The van der Waals surface area contributed by atoms with Crippen LogP contribution in [0.3, 0.4) is 0 Å². The third kappa shape index (κ3) is 3.23. The van der Waals surface area contributed by atoms with Gasteiger partial charge in [-0.1, -0.05) is 19.3 Å². The predicted octanol–water partition coefficient (Wildman–Crippen LogP) is 2.01. The normalized spacial score (nSPS) is 24.6. The molecule has 0 aliphatic heterocycles. The van der Waals surface area contributed by atoms with E-state index in [1.807, 2.05) is 6.92 Å². The van der Waals surface area contributed by atoms with Crippen LogP contribution in [-0.4, -0.2) is 30.8 Å². The van der Waals surface area contributed by atoms with E-state index >= 15 is 0 Å². The molecule has 0 amide bonds. The molecular weight excluding hydrogens is 230 g/mol. The molecule has 2 saturated carbocycles. The van der Waals surface area contributed by atoms with Crippen LogP contribution >= 0.6 is 0 Å². The summed E-state index contributed by atoms with van der Waals surface area (Å²) in [6.07, 6.45) is 8.28. The maximum Gasteiger partial charge on any atom is 0.328 e. The number of hydrogen-bond acceptors (Lipinski definition) is 4. The van der Waals surface area contributed by atoms with Gasteiger partial charge in [-0.3, -0.25) is 0 Å². The lowest BCUT2D eigenvalue weighted by atomic mass is 9.94. The molecule has 4 heteroatoms. The highest BCUT2D eigenvalue weighted by atomic mass is 16.5. The molecule has 2 aliphatic carbocycles. The summed E-state index contributed by atoms with van der Waals surface area (Å²) >= 11 is 0. The van der Waals surface area contributed by atoms with Crippen molar-refractivity contribution >= 4 is 5.97 Å². The van der Waals surface area contributed by atoms with Gasteiger partial charge in [0.15, 0.2) is 0 Å². The first kappa shape index (κ1) is 13.8. The first-order valence-electron chi connectivity index (χ1n) is 7.24.